The van der Waals surface area contributed by atoms with Gasteiger partial charge in [-0.25, -0.2) is 9.37 Å². The van der Waals surface area contributed by atoms with Crippen molar-refractivity contribution >= 4 is 38.7 Å². The number of methoxy groups -OCH3 is 3. The normalized spacial score (nSPS) is 11.0. The Morgan fingerprint density at radius 2 is 1.85 bits per heavy atom. The molecular weight excluding hydrogens is 371 g/mol. The molecule has 1 amide bonds. The van der Waals surface area contributed by atoms with E-state index in [4.69, 9.17) is 14.2 Å². The molecule has 0 fully saturated rings. The number of rotatable bonds is 6. The highest BCUT2D eigenvalue weighted by molar-refractivity contribution is 7.22. The Morgan fingerprint density at radius 1 is 1.15 bits per heavy atom. The topological polar surface area (TPSA) is 69.7 Å². The van der Waals surface area contributed by atoms with Crippen molar-refractivity contribution in [3.05, 3.63) is 47.8 Å². The Hall–Kier alpha value is -3.13. The van der Waals surface area contributed by atoms with E-state index in [2.05, 4.69) is 10.3 Å². The molecule has 27 heavy (non-hydrogen) atoms. The average molecular weight is 388 g/mol. The van der Waals surface area contributed by atoms with Gasteiger partial charge in [-0.15, -0.1) is 0 Å². The maximum Gasteiger partial charge on any atom is 0.250 e. The molecule has 0 saturated heterocycles. The Labute approximate surface area is 159 Å². The zero-order chi connectivity index (χ0) is 19.4. The fourth-order valence-electron chi connectivity index (χ4n) is 2.48. The predicted octanol–water partition coefficient (Wildman–Crippen LogP) is 4.11. The number of aromatic nitrogens is 1. The zero-order valence-electron chi connectivity index (χ0n) is 14.9. The summed E-state index contributed by atoms with van der Waals surface area (Å²) in [7, 11) is 4.55. The molecule has 0 aliphatic carbocycles. The van der Waals surface area contributed by atoms with E-state index in [-0.39, 0.29) is 11.4 Å². The number of nitrogens with zero attached hydrogens (tertiary/aromatic N) is 1. The van der Waals surface area contributed by atoms with Crippen LogP contribution in [-0.2, 0) is 4.79 Å². The second kappa shape index (κ2) is 8.05. The third kappa shape index (κ3) is 4.01. The quantitative estimate of drug-likeness (QED) is 0.644. The van der Waals surface area contributed by atoms with E-state index >= 15 is 0 Å². The number of ether oxygens (including phenoxy) is 3. The van der Waals surface area contributed by atoms with Crippen LogP contribution in [0, 0.1) is 5.82 Å². The number of benzene rings is 2. The molecule has 6 nitrogen and oxygen atoms in total. The molecule has 0 spiro atoms. The van der Waals surface area contributed by atoms with Crippen LogP contribution in [0.2, 0.25) is 0 Å². The van der Waals surface area contributed by atoms with Crippen molar-refractivity contribution in [2.24, 2.45) is 0 Å². The molecule has 140 valence electrons. The van der Waals surface area contributed by atoms with Crippen LogP contribution in [0.25, 0.3) is 16.3 Å². The maximum absolute atomic E-state index is 13.7. The van der Waals surface area contributed by atoms with Crippen LogP contribution >= 0.6 is 11.3 Å². The third-order valence-corrected chi connectivity index (χ3v) is 4.65. The molecule has 3 aromatic rings. The smallest absolute Gasteiger partial charge is 0.250 e. The number of thiazole rings is 1. The second-order valence-corrected chi connectivity index (χ2v) is 6.42. The summed E-state index contributed by atoms with van der Waals surface area (Å²) < 4.78 is 30.2. The molecule has 1 aromatic heterocycles. The number of anilines is 1. The molecule has 2 aromatic carbocycles. The molecule has 8 heteroatoms. The van der Waals surface area contributed by atoms with Gasteiger partial charge in [-0.1, -0.05) is 17.4 Å². The Bertz CT molecular complexity index is 991. The first-order chi connectivity index (χ1) is 13.0. The molecule has 1 N–H and O–H groups in total. The van der Waals surface area contributed by atoms with E-state index in [0.717, 1.165) is 0 Å². The highest BCUT2D eigenvalue weighted by Gasteiger charge is 2.13. The maximum atomic E-state index is 13.7. The molecule has 0 unspecified atom stereocenters. The van der Waals surface area contributed by atoms with Crippen molar-refractivity contribution in [1.29, 1.82) is 0 Å². The number of carbonyl (C=O) groups is 1. The van der Waals surface area contributed by atoms with Gasteiger partial charge in [0.2, 0.25) is 11.7 Å². The predicted molar refractivity (Wildman–Crippen MR) is 103 cm³/mol. The number of hydrogen-bond acceptors (Lipinski definition) is 6. The van der Waals surface area contributed by atoms with Crippen molar-refractivity contribution in [2.45, 2.75) is 0 Å². The second-order valence-electron chi connectivity index (χ2n) is 5.39. The van der Waals surface area contributed by atoms with Crippen LogP contribution in [0.15, 0.2) is 36.4 Å². The largest absolute Gasteiger partial charge is 0.493 e. The molecule has 0 aliphatic rings. The minimum Gasteiger partial charge on any atom is -0.493 e. The van der Waals surface area contributed by atoms with Crippen molar-refractivity contribution in [3.8, 4) is 17.2 Å². The van der Waals surface area contributed by atoms with E-state index < -0.39 is 5.82 Å². The summed E-state index contributed by atoms with van der Waals surface area (Å²) in [6, 6.07) is 8.12. The summed E-state index contributed by atoms with van der Waals surface area (Å²) in [5.41, 5.74) is 0.932. The van der Waals surface area contributed by atoms with Crippen molar-refractivity contribution in [1.82, 2.24) is 4.98 Å². The Balaban J connectivity index is 1.78. The molecule has 3 rings (SSSR count). The minimum absolute atomic E-state index is 0.242. The minimum atomic E-state index is -0.419. The van der Waals surface area contributed by atoms with Crippen LogP contribution in [0.5, 0.6) is 17.2 Å². The van der Waals surface area contributed by atoms with Gasteiger partial charge in [0.1, 0.15) is 11.3 Å². The fraction of sp³-hybridized carbons (Fsp3) is 0.158. The first-order valence-electron chi connectivity index (χ1n) is 7.90. The fourth-order valence-corrected chi connectivity index (χ4v) is 3.37. The zero-order valence-corrected chi connectivity index (χ0v) is 15.7. The number of halogens is 1. The SMILES string of the molecule is COc1cc(/C=C/C(=O)Nc2nc3c(F)cccc3s2)cc(OC)c1OC. The standard InChI is InChI=1S/C19H17FN2O4S/c1-24-13-9-11(10-14(25-2)18(13)26-3)7-8-16(23)21-19-22-17-12(20)5-4-6-15(17)27-19/h4-10H,1-3H3,(H,21,22,23)/b8-7+. The van der Waals surface area contributed by atoms with Crippen LogP contribution < -0.4 is 19.5 Å². The van der Waals surface area contributed by atoms with Crippen LogP contribution in [0.3, 0.4) is 0 Å². The molecule has 0 atom stereocenters. The van der Waals surface area contributed by atoms with Crippen molar-refractivity contribution in [3.63, 3.8) is 0 Å². The molecule has 1 heterocycles. The summed E-state index contributed by atoms with van der Waals surface area (Å²) >= 11 is 1.21. The summed E-state index contributed by atoms with van der Waals surface area (Å²) in [5, 5.41) is 2.96. The number of para-hydroxylation sites is 1. The lowest BCUT2D eigenvalue weighted by Crippen LogP contribution is -2.07. The Kier molecular flexibility index (Phi) is 5.56. The van der Waals surface area contributed by atoms with E-state index in [0.29, 0.717) is 32.6 Å². The molecule has 0 aliphatic heterocycles. The van der Waals surface area contributed by atoms with E-state index in [1.165, 1.54) is 44.8 Å². The molecule has 0 saturated carbocycles. The van der Waals surface area contributed by atoms with Gasteiger partial charge in [0.15, 0.2) is 16.6 Å². The van der Waals surface area contributed by atoms with Gasteiger partial charge < -0.3 is 14.2 Å². The van der Waals surface area contributed by atoms with E-state index in [1.54, 1.807) is 30.3 Å². The third-order valence-electron chi connectivity index (χ3n) is 3.71. The van der Waals surface area contributed by atoms with Gasteiger partial charge in [-0.2, -0.15) is 0 Å². The monoisotopic (exact) mass is 388 g/mol. The summed E-state index contributed by atoms with van der Waals surface area (Å²) in [5.74, 6) is 0.635. The highest BCUT2D eigenvalue weighted by Crippen LogP contribution is 2.38. The first-order valence-corrected chi connectivity index (χ1v) is 8.71. The number of nitrogens with one attached hydrogen (secondary N) is 1. The number of amides is 1. The lowest BCUT2D eigenvalue weighted by Gasteiger charge is -2.12. The molecular formula is C19H17FN2O4S. The highest BCUT2D eigenvalue weighted by atomic mass is 32.1. The van der Waals surface area contributed by atoms with Crippen LogP contribution in [0.4, 0.5) is 9.52 Å². The number of fused-ring (bicyclic) bond motifs is 1. The van der Waals surface area contributed by atoms with E-state index in [9.17, 15) is 9.18 Å². The summed E-state index contributed by atoms with van der Waals surface area (Å²) in [6.45, 7) is 0. The van der Waals surface area contributed by atoms with Crippen molar-refractivity contribution < 1.29 is 23.4 Å². The van der Waals surface area contributed by atoms with Gasteiger partial charge in [0, 0.05) is 6.08 Å². The van der Waals surface area contributed by atoms with Crippen LogP contribution in [-0.4, -0.2) is 32.2 Å². The van der Waals surface area contributed by atoms with Gasteiger partial charge in [-0.3, -0.25) is 10.1 Å². The van der Waals surface area contributed by atoms with Crippen LogP contribution in [0.1, 0.15) is 5.56 Å². The van der Waals surface area contributed by atoms with Gasteiger partial charge in [0.25, 0.3) is 0 Å². The number of carbonyl (C=O) groups excluding carboxylic acids is 1. The van der Waals surface area contributed by atoms with Gasteiger partial charge in [-0.05, 0) is 35.9 Å². The van der Waals surface area contributed by atoms with Gasteiger partial charge in [0.05, 0.1) is 26.0 Å². The number of hydrogen-bond donors (Lipinski definition) is 1. The first kappa shape index (κ1) is 18.7. The average Bonchev–Trinajstić information content (AvgIpc) is 3.09. The molecule has 0 radical (unpaired) electrons. The molecule has 0 bridgehead atoms. The van der Waals surface area contributed by atoms with Crippen molar-refractivity contribution in [2.75, 3.05) is 26.6 Å². The summed E-state index contributed by atoms with van der Waals surface area (Å²) in [4.78, 5) is 16.3. The summed E-state index contributed by atoms with van der Waals surface area (Å²) in [6.07, 6.45) is 2.96. The lowest BCUT2D eigenvalue weighted by atomic mass is 10.1. The van der Waals surface area contributed by atoms with Gasteiger partial charge >= 0.3 is 0 Å². The Morgan fingerprint density at radius 3 is 2.44 bits per heavy atom. The lowest BCUT2D eigenvalue weighted by molar-refractivity contribution is -0.111. The van der Waals surface area contributed by atoms with E-state index in [1.807, 2.05) is 0 Å².